The van der Waals surface area contributed by atoms with E-state index in [2.05, 4.69) is 15.1 Å². The molecule has 1 N–H and O–H groups in total. The first-order chi connectivity index (χ1) is 11.8. The van der Waals surface area contributed by atoms with E-state index in [1.807, 2.05) is 0 Å². The standard InChI is InChI=1S/C20H37N3O.ClH/c24-20(16-18-8-2-1-3-9-18)23(19-10-6-11-21-17-19)15-7-14-22-12-4-5-13-22;/h18-19,21H,1-17H2;1H. The second kappa shape index (κ2) is 11.4. The summed E-state index contributed by atoms with van der Waals surface area (Å²) in [5.41, 5.74) is 0. The second-order valence-corrected chi connectivity index (χ2v) is 8.20. The van der Waals surface area contributed by atoms with Gasteiger partial charge in [0.1, 0.15) is 0 Å². The molecule has 0 aromatic rings. The van der Waals surface area contributed by atoms with Gasteiger partial charge in [0, 0.05) is 25.6 Å². The summed E-state index contributed by atoms with van der Waals surface area (Å²) in [4.78, 5) is 17.9. The number of nitrogens with zero attached hydrogens (tertiary/aromatic N) is 2. The number of piperidine rings is 1. The highest BCUT2D eigenvalue weighted by molar-refractivity contribution is 5.85. The molecule has 0 radical (unpaired) electrons. The molecule has 146 valence electrons. The van der Waals surface area contributed by atoms with E-state index in [4.69, 9.17) is 0 Å². The number of rotatable bonds is 7. The molecule has 1 aliphatic carbocycles. The third kappa shape index (κ3) is 6.73. The van der Waals surface area contributed by atoms with E-state index in [1.165, 1.54) is 77.4 Å². The summed E-state index contributed by atoms with van der Waals surface area (Å²) in [6.45, 7) is 6.79. The summed E-state index contributed by atoms with van der Waals surface area (Å²) < 4.78 is 0. The van der Waals surface area contributed by atoms with Gasteiger partial charge >= 0.3 is 0 Å². The van der Waals surface area contributed by atoms with Crippen molar-refractivity contribution in [2.24, 2.45) is 5.92 Å². The molecule has 1 unspecified atom stereocenters. The Morgan fingerprint density at radius 3 is 2.44 bits per heavy atom. The molecule has 0 bridgehead atoms. The van der Waals surface area contributed by atoms with Gasteiger partial charge in [0.25, 0.3) is 0 Å². The van der Waals surface area contributed by atoms with Gasteiger partial charge in [-0.1, -0.05) is 19.3 Å². The Labute approximate surface area is 160 Å². The zero-order valence-electron chi connectivity index (χ0n) is 15.9. The Bertz CT molecular complexity index is 375. The number of nitrogens with one attached hydrogen (secondary N) is 1. The molecular formula is C20H38ClN3O. The summed E-state index contributed by atoms with van der Waals surface area (Å²) >= 11 is 0. The first-order valence-electron chi connectivity index (χ1n) is 10.6. The van der Waals surface area contributed by atoms with E-state index >= 15 is 0 Å². The lowest BCUT2D eigenvalue weighted by Crippen LogP contribution is -2.49. The molecule has 4 nitrogen and oxygen atoms in total. The summed E-state index contributed by atoms with van der Waals surface area (Å²) in [5, 5.41) is 3.50. The van der Waals surface area contributed by atoms with E-state index in [0.717, 1.165) is 32.5 Å². The fourth-order valence-electron chi connectivity index (χ4n) is 4.84. The predicted octanol–water partition coefficient (Wildman–Crippen LogP) is 3.45. The molecule has 3 fully saturated rings. The van der Waals surface area contributed by atoms with Gasteiger partial charge in [0.2, 0.25) is 5.91 Å². The van der Waals surface area contributed by atoms with Gasteiger partial charge in [-0.05, 0) is 77.0 Å². The van der Waals surface area contributed by atoms with E-state index < -0.39 is 0 Å². The lowest BCUT2D eigenvalue weighted by molar-refractivity contribution is -0.135. The van der Waals surface area contributed by atoms with Crippen molar-refractivity contribution in [3.63, 3.8) is 0 Å². The van der Waals surface area contributed by atoms with Crippen molar-refractivity contribution in [1.29, 1.82) is 0 Å². The minimum atomic E-state index is 0. The molecule has 2 heterocycles. The van der Waals surface area contributed by atoms with E-state index in [9.17, 15) is 4.79 Å². The molecule has 0 aromatic carbocycles. The first-order valence-corrected chi connectivity index (χ1v) is 10.6. The van der Waals surface area contributed by atoms with Crippen LogP contribution in [0.25, 0.3) is 0 Å². The molecule has 3 aliphatic rings. The van der Waals surface area contributed by atoms with Crippen LogP contribution in [-0.2, 0) is 4.79 Å². The van der Waals surface area contributed by atoms with Gasteiger partial charge in [-0.15, -0.1) is 12.4 Å². The Kier molecular flexibility index (Phi) is 9.57. The summed E-state index contributed by atoms with van der Waals surface area (Å²) in [5.74, 6) is 1.10. The van der Waals surface area contributed by atoms with Crippen LogP contribution in [0.3, 0.4) is 0 Å². The summed E-state index contributed by atoms with van der Waals surface area (Å²) in [6.07, 6.45) is 13.6. The molecule has 25 heavy (non-hydrogen) atoms. The Morgan fingerprint density at radius 1 is 1.00 bits per heavy atom. The van der Waals surface area contributed by atoms with Crippen LogP contribution in [0.5, 0.6) is 0 Å². The highest BCUT2D eigenvalue weighted by Gasteiger charge is 2.27. The van der Waals surface area contributed by atoms with Crippen LogP contribution in [0.4, 0.5) is 0 Å². The van der Waals surface area contributed by atoms with Crippen molar-refractivity contribution in [1.82, 2.24) is 15.1 Å². The average Bonchev–Trinajstić information content (AvgIpc) is 3.14. The maximum Gasteiger partial charge on any atom is 0.223 e. The Balaban J connectivity index is 0.00000225. The minimum absolute atomic E-state index is 0. The lowest BCUT2D eigenvalue weighted by Gasteiger charge is -2.36. The molecule has 2 saturated heterocycles. The van der Waals surface area contributed by atoms with Crippen LogP contribution in [0.15, 0.2) is 0 Å². The van der Waals surface area contributed by atoms with Crippen LogP contribution < -0.4 is 5.32 Å². The van der Waals surface area contributed by atoms with Gasteiger partial charge in [-0.3, -0.25) is 4.79 Å². The number of hydrogen-bond acceptors (Lipinski definition) is 3. The molecule has 0 aromatic heterocycles. The summed E-state index contributed by atoms with van der Waals surface area (Å²) in [7, 11) is 0. The zero-order valence-corrected chi connectivity index (χ0v) is 16.7. The molecule has 5 heteroatoms. The summed E-state index contributed by atoms with van der Waals surface area (Å²) in [6, 6.07) is 0.438. The van der Waals surface area contributed by atoms with Crippen molar-refractivity contribution in [2.45, 2.75) is 76.7 Å². The lowest BCUT2D eigenvalue weighted by atomic mass is 9.86. The highest BCUT2D eigenvalue weighted by atomic mass is 35.5. The zero-order chi connectivity index (χ0) is 16.6. The number of hydrogen-bond donors (Lipinski definition) is 1. The maximum absolute atomic E-state index is 13.0. The Hall–Kier alpha value is -0.320. The number of carbonyl (C=O) groups excluding carboxylic acids is 1. The normalized spacial score (nSPS) is 25.5. The van der Waals surface area contributed by atoms with Crippen LogP contribution in [0.1, 0.15) is 70.6 Å². The van der Waals surface area contributed by atoms with E-state index in [1.54, 1.807) is 0 Å². The molecule has 0 spiro atoms. The van der Waals surface area contributed by atoms with Crippen LogP contribution >= 0.6 is 12.4 Å². The molecule has 2 aliphatic heterocycles. The van der Waals surface area contributed by atoms with Crippen molar-refractivity contribution in [3.05, 3.63) is 0 Å². The van der Waals surface area contributed by atoms with Gasteiger partial charge in [-0.25, -0.2) is 0 Å². The quantitative estimate of drug-likeness (QED) is 0.744. The average molecular weight is 372 g/mol. The second-order valence-electron chi connectivity index (χ2n) is 8.20. The van der Waals surface area contributed by atoms with Crippen molar-refractivity contribution in [2.75, 3.05) is 39.3 Å². The third-order valence-electron chi connectivity index (χ3n) is 6.29. The smallest absolute Gasteiger partial charge is 0.223 e. The van der Waals surface area contributed by atoms with Gasteiger partial charge in [-0.2, -0.15) is 0 Å². The Morgan fingerprint density at radius 2 is 1.76 bits per heavy atom. The third-order valence-corrected chi connectivity index (χ3v) is 6.29. The number of likely N-dealkylation sites (tertiary alicyclic amines) is 1. The first kappa shape index (κ1) is 21.0. The van der Waals surface area contributed by atoms with Gasteiger partial charge in [0.05, 0.1) is 0 Å². The van der Waals surface area contributed by atoms with E-state index in [0.29, 0.717) is 17.9 Å². The number of amides is 1. The number of carbonyl (C=O) groups is 1. The molecule has 1 amide bonds. The fraction of sp³-hybridized carbons (Fsp3) is 0.950. The maximum atomic E-state index is 13.0. The van der Waals surface area contributed by atoms with Crippen molar-refractivity contribution < 1.29 is 4.79 Å². The molecule has 1 saturated carbocycles. The van der Waals surface area contributed by atoms with Crippen LogP contribution in [-0.4, -0.2) is 61.0 Å². The van der Waals surface area contributed by atoms with E-state index in [-0.39, 0.29) is 12.4 Å². The largest absolute Gasteiger partial charge is 0.338 e. The van der Waals surface area contributed by atoms with Gasteiger partial charge in [0.15, 0.2) is 0 Å². The van der Waals surface area contributed by atoms with Gasteiger partial charge < -0.3 is 15.1 Å². The SMILES string of the molecule is Cl.O=C(CC1CCCCC1)N(CCCN1CCCC1)C1CCCNC1. The van der Waals surface area contributed by atoms with Crippen molar-refractivity contribution in [3.8, 4) is 0 Å². The molecule has 1 atom stereocenters. The molecule has 3 rings (SSSR count). The minimum Gasteiger partial charge on any atom is -0.338 e. The van der Waals surface area contributed by atoms with Crippen molar-refractivity contribution >= 4 is 18.3 Å². The van der Waals surface area contributed by atoms with Crippen LogP contribution in [0.2, 0.25) is 0 Å². The number of halogens is 1. The monoisotopic (exact) mass is 371 g/mol. The highest BCUT2D eigenvalue weighted by Crippen LogP contribution is 2.27. The fourth-order valence-corrected chi connectivity index (χ4v) is 4.84. The predicted molar refractivity (Wildman–Crippen MR) is 106 cm³/mol. The molecular weight excluding hydrogens is 334 g/mol. The van der Waals surface area contributed by atoms with Crippen LogP contribution in [0, 0.1) is 5.92 Å². The topological polar surface area (TPSA) is 35.6 Å².